The largest absolute Gasteiger partial charge is 0.0654 e. The van der Waals surface area contributed by atoms with Gasteiger partial charge >= 0.3 is 0 Å². The first-order valence-electron chi connectivity index (χ1n) is 10.2. The van der Waals surface area contributed by atoms with Gasteiger partial charge in [0.1, 0.15) is 0 Å². The van der Waals surface area contributed by atoms with Crippen molar-refractivity contribution in [1.82, 2.24) is 0 Å². The van der Waals surface area contributed by atoms with E-state index in [-0.39, 0.29) is 0 Å². The molecule has 0 rings (SSSR count). The van der Waals surface area contributed by atoms with Gasteiger partial charge in [0, 0.05) is 0 Å². The number of unbranched alkanes of at least 4 members (excludes halogenated alkanes) is 8. The molecule has 0 aliphatic carbocycles. The van der Waals surface area contributed by atoms with Crippen LogP contribution in [0.2, 0.25) is 0 Å². The highest BCUT2D eigenvalue weighted by atomic mass is 14.2. The summed E-state index contributed by atoms with van der Waals surface area (Å²) >= 11 is 0. The zero-order valence-electron chi connectivity index (χ0n) is 15.8. The molecule has 0 amide bonds. The van der Waals surface area contributed by atoms with Crippen LogP contribution in [-0.2, 0) is 0 Å². The fraction of sp³-hybridized carbons (Fsp3) is 1.00. The summed E-state index contributed by atoms with van der Waals surface area (Å²) in [6.07, 6.45) is 21.7. The van der Waals surface area contributed by atoms with Gasteiger partial charge in [-0.25, -0.2) is 0 Å². The monoisotopic (exact) mass is 296 g/mol. The molecule has 0 aromatic heterocycles. The van der Waals surface area contributed by atoms with Gasteiger partial charge in [-0.05, 0) is 18.3 Å². The molecule has 0 aliphatic rings. The molecule has 0 radical (unpaired) electrons. The van der Waals surface area contributed by atoms with Crippen LogP contribution in [-0.4, -0.2) is 0 Å². The second-order valence-corrected chi connectivity index (χ2v) is 7.40. The third-order valence-corrected chi connectivity index (χ3v) is 4.97. The summed E-state index contributed by atoms with van der Waals surface area (Å²) in [6.45, 7) is 9.45. The minimum absolute atomic E-state index is 0.957. The van der Waals surface area contributed by atoms with Crippen molar-refractivity contribution in [2.75, 3.05) is 0 Å². The Morgan fingerprint density at radius 3 is 1.52 bits per heavy atom. The maximum absolute atomic E-state index is 2.50. The Morgan fingerprint density at radius 2 is 0.952 bits per heavy atom. The van der Waals surface area contributed by atoms with Crippen LogP contribution in [0.5, 0.6) is 0 Å². The molecule has 128 valence electrons. The number of rotatable bonds is 16. The minimum atomic E-state index is 0.957. The Kier molecular flexibility index (Phi) is 16.4. The Labute approximate surface area is 136 Å². The Hall–Kier alpha value is 0. The van der Waals surface area contributed by atoms with E-state index in [2.05, 4.69) is 27.7 Å². The van der Waals surface area contributed by atoms with E-state index in [9.17, 15) is 0 Å². The highest BCUT2D eigenvalue weighted by Crippen LogP contribution is 2.27. The van der Waals surface area contributed by atoms with Crippen LogP contribution >= 0.6 is 0 Å². The zero-order chi connectivity index (χ0) is 15.8. The van der Waals surface area contributed by atoms with Gasteiger partial charge in [-0.3, -0.25) is 0 Å². The molecule has 0 aromatic carbocycles. The summed E-state index contributed by atoms with van der Waals surface area (Å²) in [7, 11) is 0. The van der Waals surface area contributed by atoms with Gasteiger partial charge in [-0.1, -0.05) is 118 Å². The third kappa shape index (κ3) is 14.7. The maximum Gasteiger partial charge on any atom is -0.0412 e. The fourth-order valence-corrected chi connectivity index (χ4v) is 3.53. The van der Waals surface area contributed by atoms with E-state index >= 15 is 0 Å². The summed E-state index contributed by atoms with van der Waals surface area (Å²) < 4.78 is 0. The molecule has 0 saturated carbocycles. The predicted octanol–water partition coefficient (Wildman–Crippen LogP) is 8.15. The van der Waals surface area contributed by atoms with Gasteiger partial charge in [-0.15, -0.1) is 0 Å². The smallest absolute Gasteiger partial charge is 0.0412 e. The summed E-state index contributed by atoms with van der Waals surface area (Å²) in [6, 6.07) is 0. The van der Waals surface area contributed by atoms with E-state index in [0.29, 0.717) is 0 Å². The number of hydrogen-bond acceptors (Lipinski definition) is 0. The second-order valence-electron chi connectivity index (χ2n) is 7.40. The van der Waals surface area contributed by atoms with Crippen molar-refractivity contribution in [2.24, 2.45) is 11.8 Å². The maximum atomic E-state index is 2.50. The Balaban J connectivity index is 3.88. The topological polar surface area (TPSA) is 0 Å². The van der Waals surface area contributed by atoms with E-state index in [4.69, 9.17) is 0 Å². The molecule has 0 spiro atoms. The van der Waals surface area contributed by atoms with Crippen molar-refractivity contribution >= 4 is 0 Å². The first-order chi connectivity index (χ1) is 10.2. The van der Waals surface area contributed by atoms with Crippen LogP contribution in [0, 0.1) is 11.8 Å². The average Bonchev–Trinajstić information content (AvgIpc) is 2.47. The lowest BCUT2D eigenvalue weighted by atomic mass is 9.85. The van der Waals surface area contributed by atoms with Gasteiger partial charge in [0.15, 0.2) is 0 Å². The van der Waals surface area contributed by atoms with Crippen molar-refractivity contribution in [3.05, 3.63) is 0 Å². The molecule has 0 aromatic rings. The molecule has 0 aliphatic heterocycles. The second kappa shape index (κ2) is 16.4. The molecule has 21 heavy (non-hydrogen) atoms. The normalized spacial score (nSPS) is 14.3. The quantitative estimate of drug-likeness (QED) is 0.252. The Morgan fingerprint density at radius 1 is 0.524 bits per heavy atom. The summed E-state index contributed by atoms with van der Waals surface area (Å²) in [5.74, 6) is 1.98. The van der Waals surface area contributed by atoms with Crippen molar-refractivity contribution in [1.29, 1.82) is 0 Å². The van der Waals surface area contributed by atoms with Crippen LogP contribution in [0.15, 0.2) is 0 Å². The minimum Gasteiger partial charge on any atom is -0.0654 e. The molecule has 0 nitrogen and oxygen atoms in total. The summed E-state index contributed by atoms with van der Waals surface area (Å²) in [4.78, 5) is 0. The van der Waals surface area contributed by atoms with Crippen LogP contribution in [0.1, 0.15) is 124 Å². The number of hydrogen-bond donors (Lipinski definition) is 0. The first-order valence-corrected chi connectivity index (χ1v) is 10.2. The Bertz CT molecular complexity index is 184. The summed E-state index contributed by atoms with van der Waals surface area (Å²) in [5, 5.41) is 0. The average molecular weight is 297 g/mol. The van der Waals surface area contributed by atoms with E-state index in [1.54, 1.807) is 0 Å². The molecular formula is C21H44. The highest BCUT2D eigenvalue weighted by Gasteiger charge is 2.13. The molecule has 0 N–H and O–H groups in total. The molecule has 0 heteroatoms. The molecule has 0 bridgehead atoms. The molecule has 0 heterocycles. The molecule has 0 saturated heterocycles. The molecule has 0 fully saturated rings. The van der Waals surface area contributed by atoms with Crippen LogP contribution in [0.25, 0.3) is 0 Å². The zero-order valence-corrected chi connectivity index (χ0v) is 15.8. The van der Waals surface area contributed by atoms with Crippen molar-refractivity contribution in [3.8, 4) is 0 Å². The lowest BCUT2D eigenvalue weighted by molar-refractivity contribution is 0.314. The van der Waals surface area contributed by atoms with E-state index in [1.807, 2.05) is 0 Å². The lowest BCUT2D eigenvalue weighted by Gasteiger charge is -2.21. The van der Waals surface area contributed by atoms with Gasteiger partial charge in [-0.2, -0.15) is 0 Å². The van der Waals surface area contributed by atoms with Gasteiger partial charge in [0.05, 0.1) is 0 Å². The van der Waals surface area contributed by atoms with Crippen LogP contribution in [0.4, 0.5) is 0 Å². The standard InChI is InChI=1S/C21H44/c1-5-8-11-12-15-18-21(17-14-10-7-3)19-20(4)16-13-9-6-2/h20-21H,5-19H2,1-4H3. The highest BCUT2D eigenvalue weighted by molar-refractivity contribution is 4.65. The predicted molar refractivity (Wildman–Crippen MR) is 98.9 cm³/mol. The summed E-state index contributed by atoms with van der Waals surface area (Å²) in [5.41, 5.74) is 0. The first kappa shape index (κ1) is 21.0. The lowest BCUT2D eigenvalue weighted by Crippen LogP contribution is -2.07. The van der Waals surface area contributed by atoms with Crippen LogP contribution < -0.4 is 0 Å². The molecular weight excluding hydrogens is 252 g/mol. The van der Waals surface area contributed by atoms with Gasteiger partial charge < -0.3 is 0 Å². The molecule has 2 unspecified atom stereocenters. The van der Waals surface area contributed by atoms with E-state index in [0.717, 1.165) is 11.8 Å². The van der Waals surface area contributed by atoms with Gasteiger partial charge in [0.25, 0.3) is 0 Å². The van der Waals surface area contributed by atoms with Crippen molar-refractivity contribution in [2.45, 2.75) is 124 Å². The SMILES string of the molecule is CCCCCCCC(CCCCC)CC(C)CCCCC. The van der Waals surface area contributed by atoms with Crippen molar-refractivity contribution in [3.63, 3.8) is 0 Å². The van der Waals surface area contributed by atoms with Crippen molar-refractivity contribution < 1.29 is 0 Å². The van der Waals surface area contributed by atoms with Gasteiger partial charge in [0.2, 0.25) is 0 Å². The van der Waals surface area contributed by atoms with Crippen LogP contribution in [0.3, 0.4) is 0 Å². The molecule has 2 atom stereocenters. The van der Waals surface area contributed by atoms with E-state index in [1.165, 1.54) is 96.3 Å². The fourth-order valence-electron chi connectivity index (χ4n) is 3.53. The van der Waals surface area contributed by atoms with E-state index < -0.39 is 0 Å². The third-order valence-electron chi connectivity index (χ3n) is 4.97.